The number of aliphatic carboxylic acids is 1. The van der Waals surface area contributed by atoms with Crippen molar-refractivity contribution >= 4 is 17.7 Å². The normalized spacial score (nSPS) is 9.60. The Morgan fingerprint density at radius 1 is 1.47 bits per heavy atom. The molecule has 0 aliphatic rings. The molecule has 80 valence electrons. The first-order chi connectivity index (χ1) is 7.11. The van der Waals surface area contributed by atoms with E-state index in [1.165, 1.54) is 12.4 Å². The molecular weight excluding hydrogens is 204 g/mol. The van der Waals surface area contributed by atoms with Gasteiger partial charge in [0, 0.05) is 12.4 Å². The molecule has 1 amide bonds. The zero-order chi connectivity index (χ0) is 11.3. The van der Waals surface area contributed by atoms with Gasteiger partial charge in [-0.1, -0.05) is 0 Å². The van der Waals surface area contributed by atoms with Gasteiger partial charge in [0.2, 0.25) is 0 Å². The molecule has 1 aromatic heterocycles. The summed E-state index contributed by atoms with van der Waals surface area (Å²) < 4.78 is 0. The SMILES string of the molecule is NC(=O)c1nccnc1NOCC(=O)O. The third-order valence-corrected chi connectivity index (χ3v) is 1.30. The summed E-state index contributed by atoms with van der Waals surface area (Å²) in [6.45, 7) is -0.575. The average molecular weight is 212 g/mol. The predicted molar refractivity (Wildman–Crippen MR) is 47.8 cm³/mol. The molecule has 0 unspecified atom stereocenters. The number of primary amides is 1. The standard InChI is InChI=1S/C7H8N4O4/c8-6(14)5-7(10-2-1-9-5)11-15-3-4(12)13/h1-2H,3H2,(H2,8,14)(H,10,11)(H,12,13). The van der Waals surface area contributed by atoms with Gasteiger partial charge in [0.05, 0.1) is 0 Å². The molecule has 0 fully saturated rings. The molecule has 0 radical (unpaired) electrons. The summed E-state index contributed by atoms with van der Waals surface area (Å²) in [5.41, 5.74) is 7.04. The van der Waals surface area contributed by atoms with E-state index in [1.807, 2.05) is 0 Å². The van der Waals surface area contributed by atoms with E-state index < -0.39 is 18.5 Å². The Kier molecular flexibility index (Phi) is 3.52. The number of carbonyl (C=O) groups is 2. The summed E-state index contributed by atoms with van der Waals surface area (Å²) >= 11 is 0. The van der Waals surface area contributed by atoms with Crippen LogP contribution in [0.3, 0.4) is 0 Å². The summed E-state index contributed by atoms with van der Waals surface area (Å²) in [5.74, 6) is -1.97. The van der Waals surface area contributed by atoms with Crippen LogP contribution in [0.25, 0.3) is 0 Å². The molecule has 8 heteroatoms. The van der Waals surface area contributed by atoms with Gasteiger partial charge in [0.1, 0.15) is 0 Å². The van der Waals surface area contributed by atoms with Gasteiger partial charge in [-0.2, -0.15) is 0 Å². The molecule has 0 saturated carbocycles. The first kappa shape index (κ1) is 10.9. The third kappa shape index (κ3) is 3.19. The highest BCUT2D eigenvalue weighted by atomic mass is 16.7. The lowest BCUT2D eigenvalue weighted by Gasteiger charge is -2.05. The van der Waals surface area contributed by atoms with E-state index in [1.54, 1.807) is 0 Å². The maximum atomic E-state index is 10.8. The number of carboxylic acid groups (broad SMARTS) is 1. The highest BCUT2D eigenvalue weighted by Crippen LogP contribution is 2.06. The van der Waals surface area contributed by atoms with Crippen molar-refractivity contribution in [2.24, 2.45) is 5.73 Å². The predicted octanol–water partition coefficient (Wildman–Crippen LogP) is -0.996. The van der Waals surface area contributed by atoms with Gasteiger partial charge in [-0.15, -0.1) is 0 Å². The van der Waals surface area contributed by atoms with Gasteiger partial charge in [0.15, 0.2) is 18.1 Å². The fourth-order valence-corrected chi connectivity index (χ4v) is 0.759. The molecule has 1 aromatic rings. The number of aromatic nitrogens is 2. The van der Waals surface area contributed by atoms with Crippen LogP contribution in [0.15, 0.2) is 12.4 Å². The Labute approximate surface area is 84.0 Å². The zero-order valence-corrected chi connectivity index (χ0v) is 7.51. The smallest absolute Gasteiger partial charge is 0.332 e. The Morgan fingerprint density at radius 3 is 2.73 bits per heavy atom. The van der Waals surface area contributed by atoms with Crippen molar-refractivity contribution in [3.05, 3.63) is 18.1 Å². The third-order valence-electron chi connectivity index (χ3n) is 1.30. The van der Waals surface area contributed by atoms with Crippen LogP contribution in [0.1, 0.15) is 10.5 Å². The minimum Gasteiger partial charge on any atom is -0.479 e. The highest BCUT2D eigenvalue weighted by Gasteiger charge is 2.10. The quantitative estimate of drug-likeness (QED) is 0.534. The number of nitrogens with one attached hydrogen (secondary N) is 1. The monoisotopic (exact) mass is 212 g/mol. The van der Waals surface area contributed by atoms with Gasteiger partial charge < -0.3 is 10.8 Å². The second-order valence-electron chi connectivity index (χ2n) is 2.40. The lowest BCUT2D eigenvalue weighted by Crippen LogP contribution is -2.19. The van der Waals surface area contributed by atoms with Crippen LogP contribution in [-0.4, -0.2) is 33.6 Å². The van der Waals surface area contributed by atoms with Crippen LogP contribution in [0.2, 0.25) is 0 Å². The molecule has 0 atom stereocenters. The van der Waals surface area contributed by atoms with Crippen molar-refractivity contribution in [3.63, 3.8) is 0 Å². The maximum absolute atomic E-state index is 10.8. The molecule has 0 aromatic carbocycles. The van der Waals surface area contributed by atoms with Crippen molar-refractivity contribution < 1.29 is 19.5 Å². The summed E-state index contributed by atoms with van der Waals surface area (Å²) in [6.07, 6.45) is 2.58. The van der Waals surface area contributed by atoms with Gasteiger partial charge in [-0.3, -0.25) is 9.63 Å². The topological polar surface area (TPSA) is 127 Å². The second-order valence-corrected chi connectivity index (χ2v) is 2.40. The van der Waals surface area contributed by atoms with Crippen molar-refractivity contribution in [3.8, 4) is 0 Å². The van der Waals surface area contributed by atoms with Crippen molar-refractivity contribution in [2.75, 3.05) is 12.1 Å². The summed E-state index contributed by atoms with van der Waals surface area (Å²) in [4.78, 5) is 32.8. The molecule has 1 rings (SSSR count). The molecule has 0 saturated heterocycles. The summed E-state index contributed by atoms with van der Waals surface area (Å²) in [6, 6.07) is 0. The Hall–Kier alpha value is -2.22. The number of hydrogen-bond acceptors (Lipinski definition) is 6. The fourth-order valence-electron chi connectivity index (χ4n) is 0.759. The van der Waals surface area contributed by atoms with Crippen LogP contribution < -0.4 is 11.2 Å². The maximum Gasteiger partial charge on any atom is 0.332 e. The molecular formula is C7H8N4O4. The molecule has 0 aliphatic carbocycles. The molecule has 0 spiro atoms. The Morgan fingerprint density at radius 2 is 2.13 bits per heavy atom. The number of carboxylic acids is 1. The van der Waals surface area contributed by atoms with E-state index in [-0.39, 0.29) is 11.5 Å². The lowest BCUT2D eigenvalue weighted by molar-refractivity contribution is -0.141. The summed E-state index contributed by atoms with van der Waals surface area (Å²) in [5, 5.41) is 8.28. The van der Waals surface area contributed by atoms with E-state index >= 15 is 0 Å². The molecule has 8 nitrogen and oxygen atoms in total. The largest absolute Gasteiger partial charge is 0.479 e. The average Bonchev–Trinajstić information content (AvgIpc) is 2.17. The van der Waals surface area contributed by atoms with Crippen LogP contribution >= 0.6 is 0 Å². The van der Waals surface area contributed by atoms with E-state index in [2.05, 4.69) is 20.3 Å². The van der Waals surface area contributed by atoms with Crippen LogP contribution in [0.5, 0.6) is 0 Å². The lowest BCUT2D eigenvalue weighted by atomic mass is 10.4. The van der Waals surface area contributed by atoms with E-state index in [0.29, 0.717) is 0 Å². The van der Waals surface area contributed by atoms with Gasteiger partial charge in [-0.05, 0) is 0 Å². The zero-order valence-electron chi connectivity index (χ0n) is 7.51. The molecule has 4 N–H and O–H groups in total. The molecule has 0 bridgehead atoms. The van der Waals surface area contributed by atoms with Crippen LogP contribution in [0, 0.1) is 0 Å². The second kappa shape index (κ2) is 4.86. The number of nitrogens with two attached hydrogens (primary N) is 1. The minimum absolute atomic E-state index is 0.0220. The van der Waals surface area contributed by atoms with Crippen molar-refractivity contribution in [1.82, 2.24) is 9.97 Å². The Bertz CT molecular complexity index is 381. The Balaban J connectivity index is 2.67. The highest BCUT2D eigenvalue weighted by molar-refractivity contribution is 5.95. The molecule has 0 aliphatic heterocycles. The van der Waals surface area contributed by atoms with Gasteiger partial charge in [-0.25, -0.2) is 20.2 Å². The minimum atomic E-state index is -1.16. The number of carbonyl (C=O) groups excluding carboxylic acids is 1. The molecule has 15 heavy (non-hydrogen) atoms. The first-order valence-electron chi connectivity index (χ1n) is 3.81. The number of rotatable bonds is 5. The first-order valence-corrected chi connectivity index (χ1v) is 3.81. The number of nitrogens with zero attached hydrogens (tertiary/aromatic N) is 2. The van der Waals surface area contributed by atoms with Gasteiger partial charge in [0.25, 0.3) is 5.91 Å². The number of anilines is 1. The number of amides is 1. The van der Waals surface area contributed by atoms with Crippen LogP contribution in [-0.2, 0) is 9.63 Å². The van der Waals surface area contributed by atoms with Crippen molar-refractivity contribution in [1.29, 1.82) is 0 Å². The number of hydrogen-bond donors (Lipinski definition) is 3. The van der Waals surface area contributed by atoms with Gasteiger partial charge >= 0.3 is 5.97 Å². The van der Waals surface area contributed by atoms with E-state index in [9.17, 15) is 9.59 Å². The fraction of sp³-hybridized carbons (Fsp3) is 0.143. The van der Waals surface area contributed by atoms with Crippen molar-refractivity contribution in [2.45, 2.75) is 0 Å². The van der Waals surface area contributed by atoms with E-state index in [4.69, 9.17) is 10.8 Å². The van der Waals surface area contributed by atoms with E-state index in [0.717, 1.165) is 0 Å². The summed E-state index contributed by atoms with van der Waals surface area (Å²) in [7, 11) is 0. The van der Waals surface area contributed by atoms with Crippen LogP contribution in [0.4, 0.5) is 5.82 Å². The molecule has 1 heterocycles.